The van der Waals surface area contributed by atoms with E-state index in [1.165, 1.54) is 16.5 Å². The van der Waals surface area contributed by atoms with Crippen molar-refractivity contribution < 1.29 is 4.79 Å². The second kappa shape index (κ2) is 5.21. The van der Waals surface area contributed by atoms with Crippen LogP contribution in [0.4, 0.5) is 0 Å². The zero-order chi connectivity index (χ0) is 15.0. The minimum Gasteiger partial charge on any atom is -0.340 e. The summed E-state index contributed by atoms with van der Waals surface area (Å²) in [5.74, 6) is 0.149. The monoisotopic (exact) mass is 277 g/mol. The fourth-order valence-corrected chi connectivity index (χ4v) is 2.62. The molecule has 0 aliphatic heterocycles. The molecule has 3 rings (SSSR count). The van der Waals surface area contributed by atoms with Crippen LogP contribution in [0.25, 0.3) is 10.9 Å². The number of rotatable bonds is 3. The molecule has 0 bridgehead atoms. The summed E-state index contributed by atoms with van der Waals surface area (Å²) in [5, 5.41) is 1.18. The van der Waals surface area contributed by atoms with Crippen LogP contribution in [-0.2, 0) is 6.54 Å². The van der Waals surface area contributed by atoms with Gasteiger partial charge in [0.15, 0.2) is 5.78 Å². The zero-order valence-electron chi connectivity index (χ0n) is 12.7. The topological polar surface area (TPSA) is 22.0 Å². The number of aromatic nitrogens is 1. The van der Waals surface area contributed by atoms with Crippen LogP contribution in [0.2, 0.25) is 0 Å². The smallest absolute Gasteiger partial charge is 0.182 e. The van der Waals surface area contributed by atoms with E-state index < -0.39 is 0 Å². The molecule has 0 unspecified atom stereocenters. The van der Waals surface area contributed by atoms with Crippen LogP contribution in [0.15, 0.2) is 48.7 Å². The minimum absolute atomic E-state index is 0.149. The molecule has 1 heterocycles. The summed E-state index contributed by atoms with van der Waals surface area (Å²) in [5.41, 5.74) is 5.51. The van der Waals surface area contributed by atoms with Crippen LogP contribution in [0.5, 0.6) is 0 Å². The van der Waals surface area contributed by atoms with E-state index in [1.54, 1.807) is 0 Å². The Labute approximate surface area is 125 Å². The number of aryl methyl sites for hydroxylation is 3. The number of fused-ring (bicyclic) bond motifs is 1. The van der Waals surface area contributed by atoms with Gasteiger partial charge in [-0.15, -0.1) is 0 Å². The number of ketones is 1. The van der Waals surface area contributed by atoms with Gasteiger partial charge in [-0.05, 0) is 61.5 Å². The van der Waals surface area contributed by atoms with Crippen molar-refractivity contribution in [3.63, 3.8) is 0 Å². The molecular formula is C19H19NO. The predicted molar refractivity (Wildman–Crippen MR) is 86.9 cm³/mol. The Morgan fingerprint density at radius 2 is 1.76 bits per heavy atom. The molecule has 21 heavy (non-hydrogen) atoms. The molecule has 0 aliphatic rings. The van der Waals surface area contributed by atoms with Gasteiger partial charge in [0, 0.05) is 17.3 Å². The number of benzene rings is 2. The van der Waals surface area contributed by atoms with E-state index in [0.29, 0.717) is 6.54 Å². The number of nitrogens with zero attached hydrogens (tertiary/aromatic N) is 1. The summed E-state index contributed by atoms with van der Waals surface area (Å²) in [4.78, 5) is 12.5. The molecule has 106 valence electrons. The summed E-state index contributed by atoms with van der Waals surface area (Å²) >= 11 is 0. The van der Waals surface area contributed by atoms with Crippen molar-refractivity contribution in [2.45, 2.75) is 27.3 Å². The summed E-state index contributed by atoms with van der Waals surface area (Å²) in [6, 6.07) is 14.3. The van der Waals surface area contributed by atoms with Crippen molar-refractivity contribution in [2.24, 2.45) is 0 Å². The Hall–Kier alpha value is -2.35. The van der Waals surface area contributed by atoms with Crippen LogP contribution in [0, 0.1) is 20.8 Å². The van der Waals surface area contributed by atoms with Crippen molar-refractivity contribution in [3.8, 4) is 0 Å². The maximum Gasteiger partial charge on any atom is 0.182 e. The van der Waals surface area contributed by atoms with Gasteiger partial charge in [0.25, 0.3) is 0 Å². The quantitative estimate of drug-likeness (QED) is 0.648. The van der Waals surface area contributed by atoms with Gasteiger partial charge in [-0.25, -0.2) is 0 Å². The van der Waals surface area contributed by atoms with E-state index in [9.17, 15) is 4.79 Å². The zero-order valence-corrected chi connectivity index (χ0v) is 12.7. The van der Waals surface area contributed by atoms with Crippen molar-refractivity contribution in [1.82, 2.24) is 4.57 Å². The molecule has 0 fully saturated rings. The van der Waals surface area contributed by atoms with Gasteiger partial charge in [-0.3, -0.25) is 4.79 Å². The van der Waals surface area contributed by atoms with Crippen LogP contribution in [0.1, 0.15) is 27.0 Å². The van der Waals surface area contributed by atoms with Crippen molar-refractivity contribution in [3.05, 3.63) is 70.9 Å². The second-order valence-electron chi connectivity index (χ2n) is 5.73. The van der Waals surface area contributed by atoms with E-state index in [1.807, 2.05) is 35.9 Å². The molecule has 1 aromatic heterocycles. The third-order valence-corrected chi connectivity index (χ3v) is 4.07. The lowest BCUT2D eigenvalue weighted by Crippen LogP contribution is -2.09. The average molecular weight is 277 g/mol. The number of carbonyl (C=O) groups excluding carboxylic acids is 1. The molecule has 2 heteroatoms. The molecule has 0 N–H and O–H groups in total. The SMILES string of the molecule is Cc1ccc2c(ccn2CC(=O)c2ccc(C)c(C)c2)c1. The first-order valence-electron chi connectivity index (χ1n) is 7.20. The van der Waals surface area contributed by atoms with Gasteiger partial charge in [0.1, 0.15) is 0 Å². The molecule has 0 spiro atoms. The molecule has 2 aromatic carbocycles. The van der Waals surface area contributed by atoms with Gasteiger partial charge in [0.2, 0.25) is 0 Å². The number of hydrogen-bond donors (Lipinski definition) is 0. The number of carbonyl (C=O) groups is 1. The van der Waals surface area contributed by atoms with E-state index >= 15 is 0 Å². The fourth-order valence-electron chi connectivity index (χ4n) is 2.62. The normalized spacial score (nSPS) is 11.0. The van der Waals surface area contributed by atoms with Crippen molar-refractivity contribution >= 4 is 16.7 Å². The van der Waals surface area contributed by atoms with Gasteiger partial charge in [-0.2, -0.15) is 0 Å². The summed E-state index contributed by atoms with van der Waals surface area (Å²) in [7, 11) is 0. The lowest BCUT2D eigenvalue weighted by Gasteiger charge is -2.07. The summed E-state index contributed by atoms with van der Waals surface area (Å²) < 4.78 is 2.02. The van der Waals surface area contributed by atoms with Crippen LogP contribution >= 0.6 is 0 Å². The maximum absolute atomic E-state index is 12.5. The van der Waals surface area contributed by atoms with Crippen molar-refractivity contribution in [2.75, 3.05) is 0 Å². The lowest BCUT2D eigenvalue weighted by atomic mass is 10.0. The molecular weight excluding hydrogens is 258 g/mol. The average Bonchev–Trinajstić information content (AvgIpc) is 2.84. The highest BCUT2D eigenvalue weighted by atomic mass is 16.1. The van der Waals surface area contributed by atoms with Crippen molar-refractivity contribution in [1.29, 1.82) is 0 Å². The fraction of sp³-hybridized carbons (Fsp3) is 0.211. The third kappa shape index (κ3) is 2.62. The first-order chi connectivity index (χ1) is 10.0. The van der Waals surface area contributed by atoms with E-state index in [0.717, 1.165) is 16.6 Å². The molecule has 0 saturated heterocycles. The Bertz CT molecular complexity index is 827. The Balaban J connectivity index is 1.91. The standard InChI is InChI=1S/C19H19NO/c1-13-4-7-18-16(10-13)8-9-20(18)12-19(21)17-6-5-14(2)15(3)11-17/h4-11H,12H2,1-3H3. The Morgan fingerprint density at radius 3 is 2.52 bits per heavy atom. The first-order valence-corrected chi connectivity index (χ1v) is 7.20. The molecule has 0 aliphatic carbocycles. The van der Waals surface area contributed by atoms with Crippen LogP contribution < -0.4 is 0 Å². The lowest BCUT2D eigenvalue weighted by molar-refractivity contribution is 0.0973. The Morgan fingerprint density at radius 1 is 0.952 bits per heavy atom. The predicted octanol–water partition coefficient (Wildman–Crippen LogP) is 4.45. The molecule has 0 saturated carbocycles. The molecule has 0 atom stereocenters. The highest BCUT2D eigenvalue weighted by Gasteiger charge is 2.09. The number of hydrogen-bond acceptors (Lipinski definition) is 1. The van der Waals surface area contributed by atoms with Gasteiger partial charge in [-0.1, -0.05) is 23.8 Å². The molecule has 2 nitrogen and oxygen atoms in total. The summed E-state index contributed by atoms with van der Waals surface area (Å²) in [6.07, 6.45) is 1.99. The summed E-state index contributed by atoms with van der Waals surface area (Å²) in [6.45, 7) is 6.57. The van der Waals surface area contributed by atoms with Crippen LogP contribution in [0.3, 0.4) is 0 Å². The Kier molecular flexibility index (Phi) is 3.38. The van der Waals surface area contributed by atoms with Gasteiger partial charge >= 0.3 is 0 Å². The second-order valence-corrected chi connectivity index (χ2v) is 5.73. The number of Topliss-reactive ketones (excluding diaryl/α,β-unsaturated/α-hetero) is 1. The van der Waals surface area contributed by atoms with Crippen LogP contribution in [-0.4, -0.2) is 10.4 Å². The van der Waals surface area contributed by atoms with Gasteiger partial charge in [0.05, 0.1) is 6.54 Å². The van der Waals surface area contributed by atoms with E-state index in [-0.39, 0.29) is 5.78 Å². The first kappa shape index (κ1) is 13.6. The van der Waals surface area contributed by atoms with E-state index in [4.69, 9.17) is 0 Å². The molecule has 3 aromatic rings. The van der Waals surface area contributed by atoms with E-state index in [2.05, 4.69) is 38.1 Å². The maximum atomic E-state index is 12.5. The molecule has 0 radical (unpaired) electrons. The third-order valence-electron chi connectivity index (χ3n) is 4.07. The largest absolute Gasteiger partial charge is 0.340 e. The minimum atomic E-state index is 0.149. The highest BCUT2D eigenvalue weighted by molar-refractivity contribution is 5.97. The van der Waals surface area contributed by atoms with Gasteiger partial charge < -0.3 is 4.57 Å². The molecule has 0 amide bonds. The highest BCUT2D eigenvalue weighted by Crippen LogP contribution is 2.18.